The number of rotatable bonds is 7. The fourth-order valence-electron chi connectivity index (χ4n) is 3.28. The van der Waals surface area contributed by atoms with Crippen molar-refractivity contribution < 1.29 is 23.5 Å². The number of carbonyl (C=O) groups excluding carboxylic acids is 2. The van der Waals surface area contributed by atoms with E-state index < -0.39 is 5.97 Å². The summed E-state index contributed by atoms with van der Waals surface area (Å²) < 4.78 is 16.1. The Bertz CT molecular complexity index is 1390. The van der Waals surface area contributed by atoms with Gasteiger partial charge in [-0.15, -0.1) is 0 Å². The zero-order valence-corrected chi connectivity index (χ0v) is 18.9. The SMILES string of the molecule is CCOC(=O)c1ccc(NC(=O)COc2ccc3c(=O)c(-c4ccc(Cl)cc4)coc3c2)cc1. The van der Waals surface area contributed by atoms with E-state index in [1.54, 1.807) is 73.7 Å². The van der Waals surface area contributed by atoms with Crippen LogP contribution in [-0.2, 0) is 9.53 Å². The Kier molecular flexibility index (Phi) is 6.94. The Hall–Kier alpha value is -4.10. The summed E-state index contributed by atoms with van der Waals surface area (Å²) in [6.07, 6.45) is 1.39. The second-order valence-corrected chi connectivity index (χ2v) is 7.71. The van der Waals surface area contributed by atoms with E-state index in [0.717, 1.165) is 0 Å². The van der Waals surface area contributed by atoms with Gasteiger partial charge in [0, 0.05) is 16.8 Å². The number of esters is 1. The topological polar surface area (TPSA) is 94.8 Å². The van der Waals surface area contributed by atoms with Crippen molar-refractivity contribution in [2.45, 2.75) is 6.92 Å². The van der Waals surface area contributed by atoms with Gasteiger partial charge in [0.1, 0.15) is 17.6 Å². The molecule has 0 fully saturated rings. The van der Waals surface area contributed by atoms with Crippen molar-refractivity contribution >= 4 is 40.1 Å². The molecule has 0 spiro atoms. The number of nitrogens with one attached hydrogen (secondary N) is 1. The highest BCUT2D eigenvalue weighted by Crippen LogP contribution is 2.24. The summed E-state index contributed by atoms with van der Waals surface area (Å²) in [5.41, 5.74) is 2.20. The van der Waals surface area contributed by atoms with Crippen LogP contribution in [0.15, 0.2) is 82.2 Å². The molecule has 7 nitrogen and oxygen atoms in total. The molecule has 0 saturated heterocycles. The highest BCUT2D eigenvalue weighted by molar-refractivity contribution is 6.30. The summed E-state index contributed by atoms with van der Waals surface area (Å²) in [5.74, 6) is -0.432. The van der Waals surface area contributed by atoms with Gasteiger partial charge >= 0.3 is 5.97 Å². The van der Waals surface area contributed by atoms with Crippen LogP contribution in [-0.4, -0.2) is 25.1 Å². The van der Waals surface area contributed by atoms with Crippen LogP contribution in [0.4, 0.5) is 5.69 Å². The highest BCUT2D eigenvalue weighted by atomic mass is 35.5. The first-order valence-electron chi connectivity index (χ1n) is 10.5. The molecular formula is C26H20ClNO6. The fraction of sp³-hybridized carbons (Fsp3) is 0.115. The maximum Gasteiger partial charge on any atom is 0.338 e. The Morgan fingerprint density at radius 3 is 2.44 bits per heavy atom. The number of hydrogen-bond donors (Lipinski definition) is 1. The molecule has 0 aliphatic carbocycles. The first kappa shape index (κ1) is 23.1. The first-order valence-corrected chi connectivity index (χ1v) is 10.8. The van der Waals surface area contributed by atoms with Gasteiger partial charge in [-0.1, -0.05) is 23.7 Å². The van der Waals surface area contributed by atoms with E-state index in [1.165, 1.54) is 6.26 Å². The van der Waals surface area contributed by atoms with Crippen molar-refractivity contribution in [3.8, 4) is 16.9 Å². The average molecular weight is 478 g/mol. The van der Waals surface area contributed by atoms with Gasteiger partial charge in [0.05, 0.1) is 23.1 Å². The van der Waals surface area contributed by atoms with Crippen molar-refractivity contribution in [1.82, 2.24) is 0 Å². The van der Waals surface area contributed by atoms with Crippen LogP contribution in [0.3, 0.4) is 0 Å². The summed E-state index contributed by atoms with van der Waals surface area (Å²) in [6, 6.07) is 18.0. The third kappa shape index (κ3) is 5.27. The maximum absolute atomic E-state index is 12.9. The van der Waals surface area contributed by atoms with Crippen LogP contribution >= 0.6 is 11.6 Å². The maximum atomic E-state index is 12.9. The molecule has 0 radical (unpaired) electrons. The van der Waals surface area contributed by atoms with Gasteiger partial charge in [0.2, 0.25) is 0 Å². The highest BCUT2D eigenvalue weighted by Gasteiger charge is 2.12. The lowest BCUT2D eigenvalue weighted by Crippen LogP contribution is -2.20. The minimum atomic E-state index is -0.424. The van der Waals surface area contributed by atoms with Gasteiger partial charge in [-0.25, -0.2) is 4.79 Å². The molecule has 1 aromatic heterocycles. The lowest BCUT2D eigenvalue weighted by molar-refractivity contribution is -0.118. The second kappa shape index (κ2) is 10.2. The number of ether oxygens (including phenoxy) is 2. The lowest BCUT2D eigenvalue weighted by atomic mass is 10.1. The molecule has 1 amide bonds. The van der Waals surface area contributed by atoms with Gasteiger partial charge in [0.15, 0.2) is 12.0 Å². The van der Waals surface area contributed by atoms with Crippen LogP contribution in [0.5, 0.6) is 5.75 Å². The molecule has 0 aliphatic rings. The average Bonchev–Trinajstić information content (AvgIpc) is 2.84. The molecule has 8 heteroatoms. The van der Waals surface area contributed by atoms with Crippen LogP contribution in [0.1, 0.15) is 17.3 Å². The summed E-state index contributed by atoms with van der Waals surface area (Å²) >= 11 is 5.92. The van der Waals surface area contributed by atoms with Crippen LogP contribution in [0.25, 0.3) is 22.1 Å². The first-order chi connectivity index (χ1) is 16.4. The Labute approximate surface area is 199 Å². The number of benzene rings is 3. The Balaban J connectivity index is 1.41. The van der Waals surface area contributed by atoms with Gasteiger partial charge in [-0.3, -0.25) is 9.59 Å². The number of fused-ring (bicyclic) bond motifs is 1. The van der Waals surface area contributed by atoms with Crippen molar-refractivity contribution in [1.29, 1.82) is 0 Å². The standard InChI is InChI=1S/C26H20ClNO6/c1-2-32-26(31)17-5-9-19(10-6-17)28-24(29)15-33-20-11-12-21-23(13-20)34-14-22(25(21)30)16-3-7-18(27)8-4-16/h3-14H,2,15H2,1H3,(H,28,29). The number of amides is 1. The van der Waals surface area contributed by atoms with E-state index in [1.807, 2.05) is 0 Å². The van der Waals surface area contributed by atoms with Crippen molar-refractivity contribution in [2.75, 3.05) is 18.5 Å². The molecule has 34 heavy (non-hydrogen) atoms. The monoisotopic (exact) mass is 477 g/mol. The molecule has 0 unspecified atom stereocenters. The van der Waals surface area contributed by atoms with E-state index >= 15 is 0 Å². The van der Waals surface area contributed by atoms with Crippen LogP contribution in [0, 0.1) is 0 Å². The van der Waals surface area contributed by atoms with Crippen molar-refractivity contribution in [3.05, 3.63) is 93.8 Å². The third-order valence-electron chi connectivity index (χ3n) is 4.95. The largest absolute Gasteiger partial charge is 0.484 e. The molecule has 4 rings (SSSR count). The molecule has 172 valence electrons. The van der Waals surface area contributed by atoms with E-state index in [4.69, 9.17) is 25.5 Å². The molecule has 0 saturated carbocycles. The minimum Gasteiger partial charge on any atom is -0.484 e. The quantitative estimate of drug-likeness (QED) is 0.362. The van der Waals surface area contributed by atoms with Gasteiger partial charge < -0.3 is 19.2 Å². The molecule has 0 aliphatic heterocycles. The molecular weight excluding hydrogens is 458 g/mol. The number of anilines is 1. The third-order valence-corrected chi connectivity index (χ3v) is 5.20. The Morgan fingerprint density at radius 2 is 1.74 bits per heavy atom. The summed E-state index contributed by atoms with van der Waals surface area (Å²) in [4.78, 5) is 36.8. The molecule has 3 aromatic carbocycles. The molecule has 4 aromatic rings. The van der Waals surface area contributed by atoms with Crippen molar-refractivity contribution in [2.24, 2.45) is 0 Å². The number of hydrogen-bond acceptors (Lipinski definition) is 6. The van der Waals surface area contributed by atoms with Gasteiger partial charge in [-0.2, -0.15) is 0 Å². The number of carbonyl (C=O) groups is 2. The zero-order chi connectivity index (χ0) is 24.1. The molecule has 1 N–H and O–H groups in total. The van der Waals surface area contributed by atoms with E-state index in [-0.39, 0.29) is 24.5 Å². The number of halogens is 1. The van der Waals surface area contributed by atoms with Crippen LogP contribution < -0.4 is 15.5 Å². The van der Waals surface area contributed by atoms with Gasteiger partial charge in [-0.05, 0) is 61.0 Å². The lowest BCUT2D eigenvalue weighted by Gasteiger charge is -2.09. The Morgan fingerprint density at radius 1 is 1.00 bits per heavy atom. The smallest absolute Gasteiger partial charge is 0.338 e. The predicted octanol–water partition coefficient (Wildman–Crippen LogP) is 5.31. The normalized spacial score (nSPS) is 10.6. The fourth-order valence-corrected chi connectivity index (χ4v) is 3.40. The zero-order valence-electron chi connectivity index (χ0n) is 18.2. The second-order valence-electron chi connectivity index (χ2n) is 7.28. The molecule has 0 atom stereocenters. The predicted molar refractivity (Wildman–Crippen MR) is 129 cm³/mol. The van der Waals surface area contributed by atoms with E-state index in [2.05, 4.69) is 5.32 Å². The molecule has 1 heterocycles. The van der Waals surface area contributed by atoms with E-state index in [0.29, 0.717) is 44.1 Å². The van der Waals surface area contributed by atoms with Crippen LogP contribution in [0.2, 0.25) is 5.02 Å². The summed E-state index contributed by atoms with van der Waals surface area (Å²) in [6.45, 7) is 1.77. The summed E-state index contributed by atoms with van der Waals surface area (Å²) in [5, 5.41) is 3.66. The summed E-state index contributed by atoms with van der Waals surface area (Å²) in [7, 11) is 0. The van der Waals surface area contributed by atoms with Gasteiger partial charge in [0.25, 0.3) is 5.91 Å². The minimum absolute atomic E-state index is 0.181. The van der Waals surface area contributed by atoms with E-state index in [9.17, 15) is 14.4 Å². The van der Waals surface area contributed by atoms with Crippen molar-refractivity contribution in [3.63, 3.8) is 0 Å². The molecule has 0 bridgehead atoms.